The molecule has 0 fully saturated rings. The Bertz CT molecular complexity index is 231. The van der Waals surface area contributed by atoms with Gasteiger partial charge >= 0.3 is 5.97 Å². The summed E-state index contributed by atoms with van der Waals surface area (Å²) >= 11 is 1.66. The van der Waals surface area contributed by atoms with Gasteiger partial charge < -0.3 is 10.4 Å². The Labute approximate surface area is 94.1 Å². The molecule has 0 aliphatic carbocycles. The number of thioether (sulfide) groups is 1. The molecule has 2 N–H and O–H groups in total. The predicted octanol–water partition coefficient (Wildman–Crippen LogP) is 1.28. The molecule has 0 aromatic rings. The van der Waals surface area contributed by atoms with E-state index in [0.717, 1.165) is 17.9 Å². The number of carbonyl (C=O) groups is 2. The predicted molar refractivity (Wildman–Crippen MR) is 62.0 cm³/mol. The van der Waals surface area contributed by atoms with Crippen LogP contribution in [-0.4, -0.2) is 34.5 Å². The highest BCUT2D eigenvalue weighted by Crippen LogP contribution is 2.07. The molecule has 0 aliphatic heterocycles. The monoisotopic (exact) mass is 231 g/mol. The van der Waals surface area contributed by atoms with Crippen LogP contribution in [0.3, 0.4) is 0 Å². The molecule has 0 heterocycles. The van der Waals surface area contributed by atoms with Crippen LogP contribution >= 0.6 is 11.8 Å². The summed E-state index contributed by atoms with van der Waals surface area (Å²) in [6.45, 7) is 4.92. The summed E-state index contributed by atoms with van der Waals surface area (Å²) in [6.07, 6.45) is 3.20. The largest absolute Gasteiger partial charge is 0.480 e. The van der Waals surface area contributed by atoms with Gasteiger partial charge in [-0.25, -0.2) is 4.79 Å². The lowest BCUT2D eigenvalue weighted by atomic mass is 10.2. The third-order valence-electron chi connectivity index (χ3n) is 1.69. The third-order valence-corrected chi connectivity index (χ3v) is 2.74. The second-order valence-corrected chi connectivity index (χ2v) is 4.29. The Kier molecular flexibility index (Phi) is 7.81. The molecule has 0 radical (unpaired) electrons. The highest BCUT2D eigenvalue weighted by atomic mass is 32.2. The first-order valence-corrected chi connectivity index (χ1v) is 5.92. The molecule has 0 saturated carbocycles. The molecule has 0 aromatic heterocycles. The second kappa shape index (κ2) is 8.35. The molecular weight excluding hydrogens is 214 g/mol. The van der Waals surface area contributed by atoms with Gasteiger partial charge in [0.15, 0.2) is 0 Å². The standard InChI is InChI=1S/C10H17NO3S/c1-3-4-6-15-7-5-9(10(13)14)11-8(2)12/h3,9H,1,4-7H2,2H3,(H,11,12)(H,13,14). The van der Waals surface area contributed by atoms with Gasteiger partial charge in [0.1, 0.15) is 6.04 Å². The zero-order valence-electron chi connectivity index (χ0n) is 8.86. The highest BCUT2D eigenvalue weighted by molar-refractivity contribution is 7.99. The first-order valence-electron chi connectivity index (χ1n) is 4.76. The molecule has 1 atom stereocenters. The lowest BCUT2D eigenvalue weighted by molar-refractivity contribution is -0.141. The number of hydrogen-bond donors (Lipinski definition) is 2. The van der Waals surface area contributed by atoms with E-state index in [2.05, 4.69) is 11.9 Å². The quantitative estimate of drug-likeness (QED) is 0.488. The molecule has 0 spiro atoms. The summed E-state index contributed by atoms with van der Waals surface area (Å²) in [5.74, 6) is 0.383. The van der Waals surface area contributed by atoms with Crippen molar-refractivity contribution in [1.29, 1.82) is 0 Å². The normalized spacial score (nSPS) is 11.8. The maximum absolute atomic E-state index is 10.7. The van der Waals surface area contributed by atoms with E-state index in [0.29, 0.717) is 6.42 Å². The molecule has 5 heteroatoms. The molecule has 0 bridgehead atoms. The summed E-state index contributed by atoms with van der Waals surface area (Å²) in [5, 5.41) is 11.2. The van der Waals surface area contributed by atoms with Crippen molar-refractivity contribution in [2.24, 2.45) is 0 Å². The zero-order chi connectivity index (χ0) is 11.7. The number of carbonyl (C=O) groups excluding carboxylic acids is 1. The van der Waals surface area contributed by atoms with E-state index in [4.69, 9.17) is 5.11 Å². The van der Waals surface area contributed by atoms with Gasteiger partial charge in [-0.1, -0.05) is 6.08 Å². The van der Waals surface area contributed by atoms with E-state index >= 15 is 0 Å². The summed E-state index contributed by atoms with van der Waals surface area (Å²) in [7, 11) is 0. The van der Waals surface area contributed by atoms with E-state index in [-0.39, 0.29) is 5.91 Å². The highest BCUT2D eigenvalue weighted by Gasteiger charge is 2.17. The van der Waals surface area contributed by atoms with Gasteiger partial charge in [0.25, 0.3) is 0 Å². The molecule has 4 nitrogen and oxygen atoms in total. The van der Waals surface area contributed by atoms with Crippen LogP contribution in [0.25, 0.3) is 0 Å². The minimum Gasteiger partial charge on any atom is -0.480 e. The van der Waals surface area contributed by atoms with Crippen LogP contribution in [0, 0.1) is 0 Å². The first kappa shape index (κ1) is 14.0. The Balaban J connectivity index is 3.71. The Morgan fingerprint density at radius 1 is 1.53 bits per heavy atom. The zero-order valence-corrected chi connectivity index (χ0v) is 9.68. The molecule has 0 rings (SSSR count). The third kappa shape index (κ3) is 8.05. The fraction of sp³-hybridized carbons (Fsp3) is 0.600. The summed E-state index contributed by atoms with van der Waals surface area (Å²) < 4.78 is 0. The van der Waals surface area contributed by atoms with Crippen molar-refractivity contribution in [2.75, 3.05) is 11.5 Å². The van der Waals surface area contributed by atoms with Crippen molar-refractivity contribution in [3.05, 3.63) is 12.7 Å². The molecule has 1 amide bonds. The fourth-order valence-electron chi connectivity index (χ4n) is 0.973. The van der Waals surface area contributed by atoms with Crippen LogP contribution in [0.15, 0.2) is 12.7 Å². The van der Waals surface area contributed by atoms with E-state index in [1.54, 1.807) is 11.8 Å². The lowest BCUT2D eigenvalue weighted by Crippen LogP contribution is -2.39. The van der Waals surface area contributed by atoms with Gasteiger partial charge in [-0.15, -0.1) is 6.58 Å². The van der Waals surface area contributed by atoms with Gasteiger partial charge in [0.2, 0.25) is 5.91 Å². The van der Waals surface area contributed by atoms with Crippen molar-refractivity contribution < 1.29 is 14.7 Å². The van der Waals surface area contributed by atoms with Gasteiger partial charge in [0.05, 0.1) is 0 Å². The maximum atomic E-state index is 10.7. The number of nitrogens with one attached hydrogen (secondary N) is 1. The SMILES string of the molecule is C=CCCSCCC(NC(C)=O)C(=O)O. The van der Waals surface area contributed by atoms with E-state index in [1.807, 2.05) is 6.08 Å². The number of allylic oxidation sites excluding steroid dienone is 1. The maximum Gasteiger partial charge on any atom is 0.326 e. The van der Waals surface area contributed by atoms with E-state index in [9.17, 15) is 9.59 Å². The van der Waals surface area contributed by atoms with Crippen molar-refractivity contribution in [3.63, 3.8) is 0 Å². The summed E-state index contributed by atoms with van der Waals surface area (Å²) in [4.78, 5) is 21.4. The van der Waals surface area contributed by atoms with Crippen molar-refractivity contribution >= 4 is 23.6 Å². The molecule has 1 unspecified atom stereocenters. The number of aliphatic carboxylic acids is 1. The van der Waals surface area contributed by atoms with Crippen LogP contribution in [0.5, 0.6) is 0 Å². The smallest absolute Gasteiger partial charge is 0.326 e. The van der Waals surface area contributed by atoms with Crippen molar-refractivity contribution in [1.82, 2.24) is 5.32 Å². The molecule has 15 heavy (non-hydrogen) atoms. The average molecular weight is 231 g/mol. The van der Waals surface area contributed by atoms with Gasteiger partial charge in [-0.3, -0.25) is 4.79 Å². The topological polar surface area (TPSA) is 66.4 Å². The van der Waals surface area contributed by atoms with Crippen LogP contribution in [0.4, 0.5) is 0 Å². The minimum atomic E-state index is -0.977. The van der Waals surface area contributed by atoms with Gasteiger partial charge in [0, 0.05) is 6.92 Å². The average Bonchev–Trinajstić information content (AvgIpc) is 2.15. The first-order chi connectivity index (χ1) is 7.07. The number of amides is 1. The van der Waals surface area contributed by atoms with Gasteiger partial charge in [-0.2, -0.15) is 11.8 Å². The molecule has 0 saturated heterocycles. The molecule has 0 aliphatic rings. The number of carboxylic acid groups (broad SMARTS) is 1. The van der Waals surface area contributed by atoms with Crippen LogP contribution in [0.2, 0.25) is 0 Å². The Hall–Kier alpha value is -0.970. The Morgan fingerprint density at radius 2 is 2.20 bits per heavy atom. The lowest BCUT2D eigenvalue weighted by Gasteiger charge is -2.12. The fourth-order valence-corrected chi connectivity index (χ4v) is 1.91. The van der Waals surface area contributed by atoms with Crippen molar-refractivity contribution in [2.45, 2.75) is 25.8 Å². The molecular formula is C10H17NO3S. The number of carboxylic acids is 1. The van der Waals surface area contributed by atoms with E-state index < -0.39 is 12.0 Å². The van der Waals surface area contributed by atoms with Crippen molar-refractivity contribution in [3.8, 4) is 0 Å². The Morgan fingerprint density at radius 3 is 2.67 bits per heavy atom. The van der Waals surface area contributed by atoms with Crippen LogP contribution in [0.1, 0.15) is 19.8 Å². The molecule has 86 valence electrons. The summed E-state index contributed by atoms with van der Waals surface area (Å²) in [5.41, 5.74) is 0. The second-order valence-electron chi connectivity index (χ2n) is 3.07. The summed E-state index contributed by atoms with van der Waals surface area (Å²) in [6, 6.07) is -0.765. The number of rotatable bonds is 8. The minimum absolute atomic E-state index is 0.307. The number of hydrogen-bond acceptors (Lipinski definition) is 3. The van der Waals surface area contributed by atoms with Gasteiger partial charge in [-0.05, 0) is 24.3 Å². The van der Waals surface area contributed by atoms with Crippen LogP contribution < -0.4 is 5.32 Å². The molecule has 0 aromatic carbocycles. The van der Waals surface area contributed by atoms with Crippen LogP contribution in [-0.2, 0) is 9.59 Å². The van der Waals surface area contributed by atoms with E-state index in [1.165, 1.54) is 6.92 Å².